The van der Waals surface area contributed by atoms with Crippen molar-refractivity contribution in [3.8, 4) is 0 Å². The molecule has 0 saturated heterocycles. The average molecular weight is 154 g/mol. The highest BCUT2D eigenvalue weighted by molar-refractivity contribution is 8.23. The Balaban J connectivity index is 3.06. The van der Waals surface area contributed by atoms with Gasteiger partial charge in [0.2, 0.25) is 0 Å². The minimum absolute atomic E-state index is 0.632. The van der Waals surface area contributed by atoms with E-state index in [0.29, 0.717) is 13.2 Å². The van der Waals surface area contributed by atoms with E-state index in [4.69, 9.17) is 19.6 Å². The molecule has 0 aromatic heterocycles. The van der Waals surface area contributed by atoms with Crippen molar-refractivity contribution in [2.75, 3.05) is 13.2 Å². The van der Waals surface area contributed by atoms with Crippen molar-refractivity contribution in [1.29, 1.82) is 0 Å². The van der Waals surface area contributed by atoms with Crippen molar-refractivity contribution >= 4 is 21.2 Å². The van der Waals surface area contributed by atoms with Gasteiger partial charge in [-0.1, -0.05) is 0 Å². The van der Waals surface area contributed by atoms with E-state index in [0.717, 1.165) is 0 Å². The third kappa shape index (κ3) is 4.64. The molecule has 2 nitrogen and oxygen atoms in total. The average Bonchev–Trinajstić information content (AvgIpc) is 1.68. The summed E-state index contributed by atoms with van der Waals surface area (Å²) < 4.78 is 9.81. The maximum atomic E-state index is 4.90. The highest BCUT2D eigenvalue weighted by Gasteiger charge is 1.87. The van der Waals surface area contributed by atoms with Crippen LogP contribution in [0.3, 0.4) is 0 Å². The molecule has 0 spiro atoms. The second-order valence-corrected chi connectivity index (χ2v) is 2.71. The molecule has 0 heterocycles. The molecule has 0 aliphatic rings. The molecule has 0 rings (SSSR count). The maximum Gasteiger partial charge on any atom is 0.148 e. The first-order valence-electron chi connectivity index (χ1n) is 2.49. The summed E-state index contributed by atoms with van der Waals surface area (Å²) in [6.07, 6.45) is 0. The van der Waals surface area contributed by atoms with E-state index in [2.05, 4.69) is 0 Å². The van der Waals surface area contributed by atoms with Crippen molar-refractivity contribution in [2.24, 2.45) is 0 Å². The predicted octanol–water partition coefficient (Wildman–Crippen LogP) is 0.970. The van der Waals surface area contributed by atoms with Crippen molar-refractivity contribution in [2.45, 2.75) is 13.8 Å². The van der Waals surface area contributed by atoms with Gasteiger partial charge in [-0.3, -0.25) is 8.37 Å². The fraction of sp³-hybridized carbons (Fsp3) is 1.00. The largest absolute Gasteiger partial charge is 0.291 e. The zero-order valence-electron chi connectivity index (χ0n) is 5.05. The maximum absolute atomic E-state index is 4.90. The fourth-order valence-corrected chi connectivity index (χ4v) is 1.26. The topological polar surface area (TPSA) is 18.5 Å². The van der Waals surface area contributed by atoms with Crippen LogP contribution in [0.4, 0.5) is 0 Å². The van der Waals surface area contributed by atoms with Gasteiger partial charge in [0.1, 0.15) is 10.0 Å². The second kappa shape index (κ2) is 5.62. The molecule has 0 fully saturated rings. The lowest BCUT2D eigenvalue weighted by molar-refractivity contribution is 0.300. The van der Waals surface area contributed by atoms with Crippen molar-refractivity contribution < 1.29 is 8.37 Å². The monoisotopic (exact) mass is 154 g/mol. The SMILES string of the molecule is CCOS(=S)OCC. The quantitative estimate of drug-likeness (QED) is 0.601. The summed E-state index contributed by atoms with van der Waals surface area (Å²) in [6.45, 7) is 5.05. The lowest BCUT2D eigenvalue weighted by Crippen LogP contribution is -1.98. The van der Waals surface area contributed by atoms with Gasteiger partial charge in [0, 0.05) is 11.2 Å². The van der Waals surface area contributed by atoms with Gasteiger partial charge < -0.3 is 0 Å². The molecule has 0 unspecified atom stereocenters. The zero-order valence-corrected chi connectivity index (χ0v) is 6.68. The lowest BCUT2D eigenvalue weighted by atomic mass is 10.9. The number of hydrogen-bond acceptors (Lipinski definition) is 3. The molecule has 0 N–H and O–H groups in total. The van der Waals surface area contributed by atoms with Gasteiger partial charge in [0.05, 0.1) is 13.2 Å². The molecule has 0 aliphatic carbocycles. The second-order valence-electron chi connectivity index (χ2n) is 1.02. The van der Waals surface area contributed by atoms with Crippen LogP contribution in [0.1, 0.15) is 13.8 Å². The molecule has 0 saturated carbocycles. The van der Waals surface area contributed by atoms with Crippen molar-refractivity contribution in [3.05, 3.63) is 0 Å². The molecule has 4 heteroatoms. The van der Waals surface area contributed by atoms with Gasteiger partial charge in [0.25, 0.3) is 0 Å². The Hall–Kier alpha value is 0.490. The Labute approximate surface area is 57.2 Å². The first-order chi connectivity index (χ1) is 3.81. The van der Waals surface area contributed by atoms with Gasteiger partial charge in [-0.15, -0.1) is 0 Å². The molecule has 0 amide bonds. The van der Waals surface area contributed by atoms with Crippen LogP contribution >= 0.6 is 0 Å². The molecule has 0 atom stereocenters. The molecular weight excluding hydrogens is 144 g/mol. The van der Waals surface area contributed by atoms with E-state index in [-0.39, 0.29) is 0 Å². The Bertz CT molecular complexity index is 66.4. The van der Waals surface area contributed by atoms with Crippen LogP contribution in [-0.2, 0) is 29.6 Å². The Morgan fingerprint density at radius 2 is 1.62 bits per heavy atom. The summed E-state index contributed by atoms with van der Waals surface area (Å²) >= 11 is 4.72. The third-order valence-electron chi connectivity index (χ3n) is 0.428. The first-order valence-corrected chi connectivity index (χ1v) is 4.49. The first kappa shape index (κ1) is 8.49. The van der Waals surface area contributed by atoms with Crippen molar-refractivity contribution in [1.82, 2.24) is 0 Å². The van der Waals surface area contributed by atoms with Gasteiger partial charge in [-0.05, 0) is 13.8 Å². The van der Waals surface area contributed by atoms with E-state index in [1.807, 2.05) is 13.8 Å². The van der Waals surface area contributed by atoms with Gasteiger partial charge in [-0.25, -0.2) is 0 Å². The van der Waals surface area contributed by atoms with E-state index in [1.54, 1.807) is 0 Å². The van der Waals surface area contributed by atoms with Crippen LogP contribution in [0.5, 0.6) is 0 Å². The Kier molecular flexibility index (Phi) is 5.97. The highest BCUT2D eigenvalue weighted by atomic mass is 32.8. The number of rotatable bonds is 4. The molecular formula is C4H10O2S2. The smallest absolute Gasteiger partial charge is 0.148 e. The fourth-order valence-electron chi connectivity index (χ4n) is 0.226. The summed E-state index contributed by atoms with van der Waals surface area (Å²) in [5, 5.41) is 0. The van der Waals surface area contributed by atoms with E-state index >= 15 is 0 Å². The molecule has 8 heavy (non-hydrogen) atoms. The molecule has 50 valence electrons. The summed E-state index contributed by atoms with van der Waals surface area (Å²) in [7, 11) is -0.687. The number of hydrogen-bond donors (Lipinski definition) is 0. The van der Waals surface area contributed by atoms with Crippen LogP contribution in [-0.4, -0.2) is 13.2 Å². The minimum Gasteiger partial charge on any atom is -0.291 e. The van der Waals surface area contributed by atoms with Crippen LogP contribution in [0.25, 0.3) is 0 Å². The minimum atomic E-state index is -0.687. The third-order valence-corrected chi connectivity index (χ3v) is 1.86. The van der Waals surface area contributed by atoms with Gasteiger partial charge in [0.15, 0.2) is 0 Å². The van der Waals surface area contributed by atoms with E-state index < -0.39 is 10.0 Å². The predicted molar refractivity (Wildman–Crippen MR) is 38.0 cm³/mol. The van der Waals surface area contributed by atoms with Crippen LogP contribution < -0.4 is 0 Å². The highest BCUT2D eigenvalue weighted by Crippen LogP contribution is 1.86. The van der Waals surface area contributed by atoms with Gasteiger partial charge in [-0.2, -0.15) is 0 Å². The lowest BCUT2D eigenvalue weighted by Gasteiger charge is -1.99. The van der Waals surface area contributed by atoms with Crippen LogP contribution in [0.2, 0.25) is 0 Å². The van der Waals surface area contributed by atoms with E-state index in [1.165, 1.54) is 0 Å². The molecule has 0 aromatic rings. The molecule has 0 radical (unpaired) electrons. The summed E-state index contributed by atoms with van der Waals surface area (Å²) in [4.78, 5) is 0. The molecule has 0 aliphatic heterocycles. The Morgan fingerprint density at radius 1 is 1.25 bits per heavy atom. The van der Waals surface area contributed by atoms with E-state index in [9.17, 15) is 0 Å². The standard InChI is InChI=1S/C4H10O2S2/c1-3-5-8(7)6-4-2/h3-4H2,1-2H3. The molecule has 0 aromatic carbocycles. The summed E-state index contributed by atoms with van der Waals surface area (Å²) in [6, 6.07) is 0. The summed E-state index contributed by atoms with van der Waals surface area (Å²) in [5.74, 6) is 0. The van der Waals surface area contributed by atoms with Gasteiger partial charge >= 0.3 is 0 Å². The molecule has 0 bridgehead atoms. The van der Waals surface area contributed by atoms with Crippen molar-refractivity contribution in [3.63, 3.8) is 0 Å². The normalized spacial score (nSPS) is 10.4. The van der Waals surface area contributed by atoms with Crippen LogP contribution in [0, 0.1) is 0 Å². The summed E-state index contributed by atoms with van der Waals surface area (Å²) in [5.41, 5.74) is 0. The zero-order chi connectivity index (χ0) is 6.41. The van der Waals surface area contributed by atoms with Crippen LogP contribution in [0.15, 0.2) is 0 Å². The Morgan fingerprint density at radius 3 is 1.88 bits per heavy atom.